The maximum Gasteiger partial charge on any atom is 0.411 e. The molecule has 0 saturated carbocycles. The van der Waals surface area contributed by atoms with Crippen LogP contribution in [0.4, 0.5) is 17.6 Å². The van der Waals surface area contributed by atoms with E-state index in [1.165, 1.54) is 17.1 Å². The van der Waals surface area contributed by atoms with Crippen LogP contribution in [0.3, 0.4) is 0 Å². The lowest BCUT2D eigenvalue weighted by atomic mass is 9.86. The lowest BCUT2D eigenvalue weighted by molar-refractivity contribution is -0.206. The Hall–Kier alpha value is -2.62. The van der Waals surface area contributed by atoms with Crippen molar-refractivity contribution in [3.8, 4) is 0 Å². The summed E-state index contributed by atoms with van der Waals surface area (Å²) in [6.45, 7) is 0.963. The normalized spacial score (nSPS) is 25.0. The lowest BCUT2D eigenvalue weighted by Gasteiger charge is -2.42. The number of imidazole rings is 2. The highest BCUT2D eigenvalue weighted by atomic mass is 19.4. The van der Waals surface area contributed by atoms with Gasteiger partial charge in [-0.05, 0) is 19.8 Å². The first-order valence-corrected chi connectivity index (χ1v) is 8.87. The van der Waals surface area contributed by atoms with Gasteiger partial charge in [0.15, 0.2) is 5.72 Å². The Labute approximate surface area is 158 Å². The maximum atomic E-state index is 15.0. The van der Waals surface area contributed by atoms with Gasteiger partial charge < -0.3 is 19.2 Å². The molecular weight excluding hydrogens is 378 g/mol. The minimum absolute atomic E-state index is 0.144. The predicted molar refractivity (Wildman–Crippen MR) is 92.5 cm³/mol. The van der Waals surface area contributed by atoms with Gasteiger partial charge in [0.1, 0.15) is 18.3 Å². The lowest BCUT2D eigenvalue weighted by Crippen LogP contribution is -2.53. The fourth-order valence-corrected chi connectivity index (χ4v) is 3.71. The Kier molecular flexibility index (Phi) is 4.53. The monoisotopic (exact) mass is 397 g/mol. The van der Waals surface area contributed by atoms with Gasteiger partial charge in [-0.3, -0.25) is 0 Å². The molecule has 2 atom stereocenters. The van der Waals surface area contributed by atoms with Crippen molar-refractivity contribution in [1.29, 1.82) is 0 Å². The van der Waals surface area contributed by atoms with Gasteiger partial charge in [-0.15, -0.1) is 0 Å². The van der Waals surface area contributed by atoms with Crippen molar-refractivity contribution in [1.82, 2.24) is 24.4 Å². The van der Waals surface area contributed by atoms with E-state index in [9.17, 15) is 13.2 Å². The first-order chi connectivity index (χ1) is 13.3. The van der Waals surface area contributed by atoms with Crippen molar-refractivity contribution in [3.05, 3.63) is 54.5 Å². The number of aryl methyl sites for hydroxylation is 2. The summed E-state index contributed by atoms with van der Waals surface area (Å²) < 4.78 is 62.4. The van der Waals surface area contributed by atoms with E-state index in [-0.39, 0.29) is 5.70 Å². The molecule has 0 bridgehead atoms. The summed E-state index contributed by atoms with van der Waals surface area (Å²) in [4.78, 5) is 8.33. The van der Waals surface area contributed by atoms with Gasteiger partial charge in [-0.1, -0.05) is 0 Å². The van der Waals surface area contributed by atoms with Crippen LogP contribution in [0.1, 0.15) is 30.3 Å². The first-order valence-electron chi connectivity index (χ1n) is 8.87. The predicted octanol–water partition coefficient (Wildman–Crippen LogP) is 3.50. The average Bonchev–Trinajstić information content (AvgIpc) is 3.28. The maximum absolute atomic E-state index is 15.0. The van der Waals surface area contributed by atoms with E-state index in [4.69, 9.17) is 4.74 Å². The molecule has 2 aliphatic rings. The highest BCUT2D eigenvalue weighted by Crippen LogP contribution is 2.41. The number of hydrogen-bond acceptors (Lipinski definition) is 4. The second-order valence-electron chi connectivity index (χ2n) is 6.96. The SMILES string of the molecule is Cc1cn(C2=CNC(OCC(F)(F)F)(C3CCCn4ccnc43)C=C2F)cn1. The topological polar surface area (TPSA) is 56.9 Å². The third kappa shape index (κ3) is 3.44. The number of nitrogens with zero attached hydrogens (tertiary/aromatic N) is 4. The molecule has 0 spiro atoms. The Morgan fingerprint density at radius 1 is 1.36 bits per heavy atom. The van der Waals surface area contributed by atoms with Gasteiger partial charge in [0.25, 0.3) is 0 Å². The van der Waals surface area contributed by atoms with Crippen LogP contribution in [0.5, 0.6) is 0 Å². The smallest absolute Gasteiger partial charge is 0.358 e. The van der Waals surface area contributed by atoms with E-state index in [1.54, 1.807) is 25.5 Å². The van der Waals surface area contributed by atoms with Crippen LogP contribution < -0.4 is 5.32 Å². The zero-order valence-corrected chi connectivity index (χ0v) is 15.1. The van der Waals surface area contributed by atoms with Crippen LogP contribution in [-0.2, 0) is 11.3 Å². The summed E-state index contributed by atoms with van der Waals surface area (Å²) in [6, 6.07) is 0. The fourth-order valence-electron chi connectivity index (χ4n) is 3.71. The summed E-state index contributed by atoms with van der Waals surface area (Å²) in [5.41, 5.74) is -0.860. The van der Waals surface area contributed by atoms with Gasteiger partial charge in [-0.25, -0.2) is 14.4 Å². The van der Waals surface area contributed by atoms with Gasteiger partial charge in [-0.2, -0.15) is 13.2 Å². The number of dihydropyridines is 1. The molecule has 10 heteroatoms. The Morgan fingerprint density at radius 2 is 2.18 bits per heavy atom. The number of allylic oxidation sites excluding steroid dienone is 2. The zero-order valence-electron chi connectivity index (χ0n) is 15.1. The van der Waals surface area contributed by atoms with Crippen molar-refractivity contribution < 1.29 is 22.3 Å². The second-order valence-corrected chi connectivity index (χ2v) is 6.96. The molecule has 2 aromatic rings. The Morgan fingerprint density at radius 3 is 2.86 bits per heavy atom. The zero-order chi connectivity index (χ0) is 19.9. The van der Waals surface area contributed by atoms with E-state index >= 15 is 4.39 Å². The molecule has 0 aromatic carbocycles. The van der Waals surface area contributed by atoms with Crippen LogP contribution >= 0.6 is 0 Å². The van der Waals surface area contributed by atoms with Crippen molar-refractivity contribution in [2.75, 3.05) is 6.61 Å². The molecule has 6 nitrogen and oxygen atoms in total. The quantitative estimate of drug-likeness (QED) is 0.803. The highest BCUT2D eigenvalue weighted by molar-refractivity contribution is 5.63. The summed E-state index contributed by atoms with van der Waals surface area (Å²) in [7, 11) is 0. The molecule has 150 valence electrons. The molecule has 0 saturated heterocycles. The minimum Gasteiger partial charge on any atom is -0.358 e. The molecular formula is C18H19F4N5O. The van der Waals surface area contributed by atoms with E-state index in [1.807, 2.05) is 4.57 Å². The van der Waals surface area contributed by atoms with Gasteiger partial charge >= 0.3 is 6.18 Å². The van der Waals surface area contributed by atoms with Crippen LogP contribution in [0.2, 0.25) is 0 Å². The van der Waals surface area contributed by atoms with Gasteiger partial charge in [0.05, 0.1) is 23.6 Å². The molecule has 0 fully saturated rings. The summed E-state index contributed by atoms with van der Waals surface area (Å²) in [6.07, 6.45) is 5.51. The fraction of sp³-hybridized carbons (Fsp3) is 0.444. The van der Waals surface area contributed by atoms with Crippen LogP contribution in [0.15, 0.2) is 43.0 Å². The van der Waals surface area contributed by atoms with Gasteiger partial charge in [0, 0.05) is 37.4 Å². The van der Waals surface area contributed by atoms with Gasteiger partial charge in [0.2, 0.25) is 0 Å². The molecule has 1 N–H and O–H groups in total. The molecule has 4 rings (SSSR count). The summed E-state index contributed by atoms with van der Waals surface area (Å²) >= 11 is 0. The molecule has 4 heterocycles. The number of nitrogens with one attached hydrogen (secondary N) is 1. The molecule has 28 heavy (non-hydrogen) atoms. The number of ether oxygens (including phenoxy) is 1. The number of hydrogen-bond donors (Lipinski definition) is 1. The third-order valence-electron chi connectivity index (χ3n) is 4.95. The molecule has 2 unspecified atom stereocenters. The minimum atomic E-state index is -4.55. The molecule has 2 aromatic heterocycles. The van der Waals surface area contributed by atoms with Crippen LogP contribution in [-0.4, -0.2) is 37.6 Å². The third-order valence-corrected chi connectivity index (χ3v) is 4.95. The second kappa shape index (κ2) is 6.77. The summed E-state index contributed by atoms with van der Waals surface area (Å²) in [5.74, 6) is -0.700. The van der Waals surface area contributed by atoms with E-state index in [0.717, 1.165) is 12.5 Å². The van der Waals surface area contributed by atoms with Crippen LogP contribution in [0, 0.1) is 6.92 Å². The Balaban J connectivity index is 1.71. The molecule has 2 aliphatic heterocycles. The standard InChI is InChI=1S/C18H19F4N5O/c1-12-9-27(11-24-12)15-8-25-17(7-14(15)19,28-10-18(20,21)22)13-3-2-5-26-6-4-23-16(13)26/h4,6-9,11,13,25H,2-3,5,10H2,1H3. The van der Waals surface area contributed by atoms with E-state index < -0.39 is 30.3 Å². The molecule has 0 aliphatic carbocycles. The number of aromatic nitrogens is 4. The van der Waals surface area contributed by atoms with E-state index in [2.05, 4.69) is 15.3 Å². The van der Waals surface area contributed by atoms with Crippen LogP contribution in [0.25, 0.3) is 5.70 Å². The molecule has 0 radical (unpaired) electrons. The van der Waals surface area contributed by atoms with Crippen molar-refractivity contribution in [2.45, 2.75) is 44.1 Å². The largest absolute Gasteiger partial charge is 0.411 e. The number of halogens is 4. The van der Waals surface area contributed by atoms with Crippen molar-refractivity contribution >= 4 is 5.70 Å². The molecule has 0 amide bonds. The van der Waals surface area contributed by atoms with Crippen molar-refractivity contribution in [2.24, 2.45) is 0 Å². The number of fused-ring (bicyclic) bond motifs is 1. The number of rotatable bonds is 4. The average molecular weight is 397 g/mol. The van der Waals surface area contributed by atoms with Crippen molar-refractivity contribution in [3.63, 3.8) is 0 Å². The Bertz CT molecular complexity index is 929. The van der Waals surface area contributed by atoms with E-state index in [0.29, 0.717) is 24.5 Å². The highest BCUT2D eigenvalue weighted by Gasteiger charge is 2.46. The first kappa shape index (κ1) is 18.7. The summed E-state index contributed by atoms with van der Waals surface area (Å²) in [5, 5.41) is 2.89. The number of alkyl halides is 3.